The highest BCUT2D eigenvalue weighted by molar-refractivity contribution is 5.00. The average molecular weight is 252 g/mol. The van der Waals surface area contributed by atoms with Crippen molar-refractivity contribution < 1.29 is 36.2 Å². The summed E-state index contributed by atoms with van der Waals surface area (Å²) in [4.78, 5) is 0. The van der Waals surface area contributed by atoms with Crippen molar-refractivity contribution in [3.8, 4) is 0 Å². The van der Waals surface area contributed by atoms with Crippen molar-refractivity contribution >= 4 is 0 Å². The summed E-state index contributed by atoms with van der Waals surface area (Å²) in [5, 5.41) is 8.64. The van der Waals surface area contributed by atoms with Gasteiger partial charge in [-0.15, -0.1) is 0 Å². The van der Waals surface area contributed by atoms with Gasteiger partial charge in [-0.2, -0.15) is 26.3 Å². The Bertz CT molecular complexity index is 228. The second-order valence-corrected chi connectivity index (χ2v) is 2.99. The number of hydrogen-bond donors (Lipinski definition) is 1. The molecule has 0 heterocycles. The molecule has 96 valence electrons. The lowest BCUT2D eigenvalue weighted by molar-refractivity contribution is -0.366. The van der Waals surface area contributed by atoms with Gasteiger partial charge in [-0.3, -0.25) is 0 Å². The normalized spacial score (nSPS) is 14.8. The van der Waals surface area contributed by atoms with E-state index < -0.39 is 24.4 Å². The summed E-state index contributed by atoms with van der Waals surface area (Å²) in [6.45, 7) is -0.133. The van der Waals surface area contributed by atoms with E-state index in [4.69, 9.17) is 5.11 Å². The number of halogens is 6. The van der Waals surface area contributed by atoms with Crippen LogP contribution >= 0.6 is 0 Å². The maximum absolute atomic E-state index is 12.1. The van der Waals surface area contributed by atoms with Crippen LogP contribution in [0.3, 0.4) is 0 Å². The molecule has 0 radical (unpaired) electrons. The Labute approximate surface area is 87.5 Å². The van der Waals surface area contributed by atoms with Crippen LogP contribution in [-0.2, 0) is 4.74 Å². The van der Waals surface area contributed by atoms with Gasteiger partial charge in [-0.1, -0.05) is 12.2 Å². The molecule has 0 aromatic carbocycles. The summed E-state index contributed by atoms with van der Waals surface area (Å²) >= 11 is 0. The number of hydrogen-bond acceptors (Lipinski definition) is 2. The molecule has 8 heteroatoms. The van der Waals surface area contributed by atoms with Crippen LogP contribution in [0.5, 0.6) is 0 Å². The Morgan fingerprint density at radius 3 is 1.75 bits per heavy atom. The zero-order chi connectivity index (χ0) is 13.0. The first-order valence-corrected chi connectivity index (χ1v) is 4.06. The standard InChI is InChI=1S/C8H10F6O2/c1-16-5-3-2-4-6(15,7(9,10)11)8(12,13)14/h2-3,15H,4-5H2,1H3. The summed E-state index contributed by atoms with van der Waals surface area (Å²) < 4.78 is 76.8. The van der Waals surface area contributed by atoms with Crippen LogP contribution in [0.2, 0.25) is 0 Å². The Hall–Kier alpha value is -0.760. The molecule has 0 unspecified atom stereocenters. The smallest absolute Gasteiger partial charge is 0.381 e. The third kappa shape index (κ3) is 3.38. The van der Waals surface area contributed by atoms with Crippen molar-refractivity contribution in [2.75, 3.05) is 13.7 Å². The van der Waals surface area contributed by atoms with E-state index >= 15 is 0 Å². The second kappa shape index (κ2) is 5.05. The summed E-state index contributed by atoms with van der Waals surface area (Å²) in [5.74, 6) is 0. The zero-order valence-electron chi connectivity index (χ0n) is 8.19. The van der Waals surface area contributed by atoms with E-state index in [9.17, 15) is 26.3 Å². The minimum atomic E-state index is -5.78. The molecule has 1 N–H and O–H groups in total. The molecule has 0 bridgehead atoms. The van der Waals surface area contributed by atoms with Gasteiger partial charge in [0.15, 0.2) is 0 Å². The lowest BCUT2D eigenvalue weighted by atomic mass is 9.98. The molecule has 2 nitrogen and oxygen atoms in total. The first-order valence-electron chi connectivity index (χ1n) is 4.06. The van der Waals surface area contributed by atoms with Gasteiger partial charge in [-0.25, -0.2) is 0 Å². The lowest BCUT2D eigenvalue weighted by Crippen LogP contribution is -2.56. The van der Waals surface area contributed by atoms with Crippen LogP contribution in [0.4, 0.5) is 26.3 Å². The SMILES string of the molecule is COCC=CCC(O)(C(F)(F)F)C(F)(F)F. The lowest BCUT2D eigenvalue weighted by Gasteiger charge is -2.31. The third-order valence-corrected chi connectivity index (χ3v) is 1.78. The summed E-state index contributed by atoms with van der Waals surface area (Å²) in [5.41, 5.74) is -4.72. The van der Waals surface area contributed by atoms with Gasteiger partial charge in [0.1, 0.15) is 0 Å². The number of rotatable bonds is 4. The van der Waals surface area contributed by atoms with E-state index in [1.54, 1.807) is 0 Å². The molecule has 0 saturated heterocycles. The highest BCUT2D eigenvalue weighted by atomic mass is 19.4. The molecule has 0 aromatic heterocycles. The first kappa shape index (κ1) is 15.2. The maximum Gasteiger partial charge on any atom is 0.426 e. The fraction of sp³-hybridized carbons (Fsp3) is 0.750. The van der Waals surface area contributed by atoms with E-state index in [1.165, 1.54) is 7.11 Å². The highest BCUT2D eigenvalue weighted by Gasteiger charge is 2.69. The molecule has 0 aliphatic rings. The molecular formula is C8H10F6O2. The van der Waals surface area contributed by atoms with E-state index in [0.717, 1.165) is 6.08 Å². The quantitative estimate of drug-likeness (QED) is 0.615. The molecule has 0 aromatic rings. The Kier molecular flexibility index (Phi) is 4.81. The van der Waals surface area contributed by atoms with Gasteiger partial charge >= 0.3 is 12.4 Å². The van der Waals surface area contributed by atoms with Gasteiger partial charge in [-0.05, 0) is 0 Å². The van der Waals surface area contributed by atoms with E-state index in [-0.39, 0.29) is 6.61 Å². The average Bonchev–Trinajstić information content (AvgIpc) is 2.08. The largest absolute Gasteiger partial charge is 0.426 e. The van der Waals surface area contributed by atoms with Crippen LogP contribution in [-0.4, -0.2) is 36.8 Å². The minimum absolute atomic E-state index is 0.133. The van der Waals surface area contributed by atoms with Crippen molar-refractivity contribution in [3.63, 3.8) is 0 Å². The van der Waals surface area contributed by atoms with Crippen molar-refractivity contribution in [1.82, 2.24) is 0 Å². The number of ether oxygens (including phenoxy) is 1. The van der Waals surface area contributed by atoms with Crippen LogP contribution in [0, 0.1) is 0 Å². The third-order valence-electron chi connectivity index (χ3n) is 1.78. The molecule has 0 fully saturated rings. The molecule has 0 rings (SSSR count). The Balaban J connectivity index is 4.85. The van der Waals surface area contributed by atoms with Gasteiger partial charge in [0.05, 0.1) is 6.61 Å². The molecule has 0 saturated carbocycles. The first-order chi connectivity index (χ1) is 7.06. The minimum Gasteiger partial charge on any atom is -0.381 e. The fourth-order valence-corrected chi connectivity index (χ4v) is 0.810. The molecule has 16 heavy (non-hydrogen) atoms. The summed E-state index contributed by atoms with van der Waals surface area (Å²) in [7, 11) is 1.23. The predicted octanol–water partition coefficient (Wildman–Crippen LogP) is 2.43. The summed E-state index contributed by atoms with van der Waals surface area (Å²) in [6.07, 6.45) is -11.6. The maximum atomic E-state index is 12.1. The monoisotopic (exact) mass is 252 g/mol. The molecule has 0 aliphatic carbocycles. The van der Waals surface area contributed by atoms with Crippen molar-refractivity contribution in [2.45, 2.75) is 24.4 Å². The number of methoxy groups -OCH3 is 1. The van der Waals surface area contributed by atoms with Crippen LogP contribution in [0.25, 0.3) is 0 Å². The number of aliphatic hydroxyl groups is 1. The zero-order valence-corrected chi connectivity index (χ0v) is 8.19. The van der Waals surface area contributed by atoms with E-state index in [1.807, 2.05) is 0 Å². The van der Waals surface area contributed by atoms with Crippen molar-refractivity contribution in [2.24, 2.45) is 0 Å². The molecule has 0 spiro atoms. The highest BCUT2D eigenvalue weighted by Crippen LogP contribution is 2.45. The topological polar surface area (TPSA) is 29.5 Å². The fourth-order valence-electron chi connectivity index (χ4n) is 0.810. The van der Waals surface area contributed by atoms with Crippen molar-refractivity contribution in [3.05, 3.63) is 12.2 Å². The van der Waals surface area contributed by atoms with E-state index in [2.05, 4.69) is 4.74 Å². The van der Waals surface area contributed by atoms with E-state index in [0.29, 0.717) is 6.08 Å². The molecule has 0 aliphatic heterocycles. The van der Waals surface area contributed by atoms with Gasteiger partial charge in [0, 0.05) is 13.5 Å². The molecular weight excluding hydrogens is 242 g/mol. The summed E-state index contributed by atoms with van der Waals surface area (Å²) in [6, 6.07) is 0. The Morgan fingerprint density at radius 2 is 1.44 bits per heavy atom. The van der Waals surface area contributed by atoms with Crippen molar-refractivity contribution in [1.29, 1.82) is 0 Å². The second-order valence-electron chi connectivity index (χ2n) is 2.99. The predicted molar refractivity (Wildman–Crippen MR) is 42.7 cm³/mol. The van der Waals surface area contributed by atoms with Gasteiger partial charge in [0.25, 0.3) is 5.60 Å². The van der Waals surface area contributed by atoms with Crippen LogP contribution in [0.1, 0.15) is 6.42 Å². The van der Waals surface area contributed by atoms with Crippen LogP contribution in [0.15, 0.2) is 12.2 Å². The number of alkyl halides is 6. The molecule has 0 amide bonds. The Morgan fingerprint density at radius 1 is 1.00 bits per heavy atom. The van der Waals surface area contributed by atoms with Gasteiger partial charge in [0.2, 0.25) is 0 Å². The van der Waals surface area contributed by atoms with Crippen LogP contribution < -0.4 is 0 Å². The van der Waals surface area contributed by atoms with Gasteiger partial charge < -0.3 is 9.84 Å². The molecule has 0 atom stereocenters.